The van der Waals surface area contributed by atoms with Crippen molar-refractivity contribution in [2.24, 2.45) is 0 Å². The van der Waals surface area contributed by atoms with Gasteiger partial charge >= 0.3 is 0 Å². The number of fused-ring (bicyclic) bond motifs is 1. The van der Waals surface area contributed by atoms with Crippen LogP contribution in [0.5, 0.6) is 0 Å². The van der Waals surface area contributed by atoms with E-state index < -0.39 is 22.0 Å². The van der Waals surface area contributed by atoms with Crippen LogP contribution in [0.4, 0.5) is 8.78 Å². The highest BCUT2D eigenvalue weighted by Crippen LogP contribution is 2.30. The molecule has 2 heterocycles. The third-order valence-electron chi connectivity index (χ3n) is 5.22. The second-order valence-electron chi connectivity index (χ2n) is 7.21. The van der Waals surface area contributed by atoms with Gasteiger partial charge < -0.3 is 0 Å². The van der Waals surface area contributed by atoms with Crippen molar-refractivity contribution < 1.29 is 17.2 Å². The molecule has 4 rings (SSSR count). The van der Waals surface area contributed by atoms with Gasteiger partial charge in [0.15, 0.2) is 0 Å². The molecule has 1 fully saturated rings. The molecule has 0 aliphatic carbocycles. The Bertz CT molecular complexity index is 1190. The number of hydrogen-bond acceptors (Lipinski definition) is 3. The SMILES string of the molecule is Cc1cc(-c2ccc(S(=O)(=O)N3CCC(F)CC3)cc2F)nc2cc(Cl)ccc12. The van der Waals surface area contributed by atoms with E-state index in [1.807, 2.05) is 13.0 Å². The molecule has 0 amide bonds. The van der Waals surface area contributed by atoms with Gasteiger partial charge in [-0.15, -0.1) is 0 Å². The van der Waals surface area contributed by atoms with Gasteiger partial charge in [-0.2, -0.15) is 4.31 Å². The van der Waals surface area contributed by atoms with Gasteiger partial charge in [0.2, 0.25) is 10.0 Å². The quantitative estimate of drug-likeness (QED) is 0.572. The van der Waals surface area contributed by atoms with E-state index in [0.29, 0.717) is 16.2 Å². The Hall–Kier alpha value is -2.09. The van der Waals surface area contributed by atoms with Crippen LogP contribution in [0.1, 0.15) is 18.4 Å². The van der Waals surface area contributed by atoms with E-state index in [0.717, 1.165) is 17.0 Å². The van der Waals surface area contributed by atoms with Gasteiger partial charge in [0, 0.05) is 29.1 Å². The highest BCUT2D eigenvalue weighted by Gasteiger charge is 2.30. The fourth-order valence-electron chi connectivity index (χ4n) is 3.59. The predicted octanol–water partition coefficient (Wildman–Crippen LogP) is 5.13. The van der Waals surface area contributed by atoms with Crippen LogP contribution in [-0.4, -0.2) is 37.0 Å². The van der Waals surface area contributed by atoms with Gasteiger partial charge in [-0.3, -0.25) is 0 Å². The maximum Gasteiger partial charge on any atom is 0.243 e. The molecule has 152 valence electrons. The maximum atomic E-state index is 14.9. The Morgan fingerprint density at radius 2 is 1.83 bits per heavy atom. The van der Waals surface area contributed by atoms with Crippen LogP contribution in [0, 0.1) is 12.7 Å². The molecule has 3 aromatic rings. The number of nitrogens with zero attached hydrogens (tertiary/aromatic N) is 2. The van der Waals surface area contributed by atoms with Crippen molar-refractivity contribution in [3.05, 3.63) is 58.9 Å². The Morgan fingerprint density at radius 3 is 2.52 bits per heavy atom. The number of pyridine rings is 1. The lowest BCUT2D eigenvalue weighted by Gasteiger charge is -2.27. The number of sulfonamides is 1. The van der Waals surface area contributed by atoms with Crippen LogP contribution in [0.15, 0.2) is 47.4 Å². The molecule has 29 heavy (non-hydrogen) atoms. The molecular weight excluding hydrogens is 418 g/mol. The third kappa shape index (κ3) is 3.86. The number of rotatable bonds is 3. The molecular formula is C21H19ClF2N2O2S. The monoisotopic (exact) mass is 436 g/mol. The molecule has 0 radical (unpaired) electrons. The Labute approximate surface area is 173 Å². The smallest absolute Gasteiger partial charge is 0.243 e. The van der Waals surface area contributed by atoms with Gasteiger partial charge in [0.25, 0.3) is 0 Å². The largest absolute Gasteiger partial charge is 0.248 e. The average molecular weight is 437 g/mol. The summed E-state index contributed by atoms with van der Waals surface area (Å²) in [6, 6.07) is 10.9. The summed E-state index contributed by atoms with van der Waals surface area (Å²) in [4.78, 5) is 4.35. The van der Waals surface area contributed by atoms with Gasteiger partial charge in [-0.25, -0.2) is 22.2 Å². The Balaban J connectivity index is 1.72. The molecule has 1 aliphatic rings. The molecule has 1 aliphatic heterocycles. The van der Waals surface area contributed by atoms with Crippen molar-refractivity contribution in [2.75, 3.05) is 13.1 Å². The zero-order valence-electron chi connectivity index (χ0n) is 15.7. The van der Waals surface area contributed by atoms with E-state index in [-0.39, 0.29) is 36.4 Å². The molecule has 0 saturated carbocycles. The summed E-state index contributed by atoms with van der Waals surface area (Å²) in [5.41, 5.74) is 2.15. The minimum atomic E-state index is -3.87. The first-order valence-corrected chi connectivity index (χ1v) is 11.1. The second kappa shape index (κ2) is 7.63. The summed E-state index contributed by atoms with van der Waals surface area (Å²) >= 11 is 6.05. The molecule has 4 nitrogen and oxygen atoms in total. The highest BCUT2D eigenvalue weighted by molar-refractivity contribution is 7.89. The van der Waals surface area contributed by atoms with Gasteiger partial charge in [0.1, 0.15) is 12.0 Å². The van der Waals surface area contributed by atoms with E-state index >= 15 is 0 Å². The third-order valence-corrected chi connectivity index (χ3v) is 7.35. The van der Waals surface area contributed by atoms with Crippen molar-refractivity contribution in [1.82, 2.24) is 9.29 Å². The fraction of sp³-hybridized carbons (Fsp3) is 0.286. The van der Waals surface area contributed by atoms with Crippen molar-refractivity contribution in [1.29, 1.82) is 0 Å². The molecule has 0 unspecified atom stereocenters. The highest BCUT2D eigenvalue weighted by atomic mass is 35.5. The Kier molecular flexibility index (Phi) is 5.31. The van der Waals surface area contributed by atoms with E-state index in [2.05, 4.69) is 4.98 Å². The molecule has 0 bridgehead atoms. The summed E-state index contributed by atoms with van der Waals surface area (Å²) in [7, 11) is -3.87. The normalized spacial score (nSPS) is 16.4. The van der Waals surface area contributed by atoms with Gasteiger partial charge in [-0.1, -0.05) is 17.7 Å². The van der Waals surface area contributed by atoms with Gasteiger partial charge in [0.05, 0.1) is 16.1 Å². The lowest BCUT2D eigenvalue weighted by Crippen LogP contribution is -2.39. The van der Waals surface area contributed by atoms with Crippen LogP contribution in [-0.2, 0) is 10.0 Å². The maximum absolute atomic E-state index is 14.9. The summed E-state index contributed by atoms with van der Waals surface area (Å²) < 4.78 is 55.0. The number of hydrogen-bond donors (Lipinski definition) is 0. The van der Waals surface area contributed by atoms with Crippen LogP contribution >= 0.6 is 11.6 Å². The lowest BCUT2D eigenvalue weighted by molar-refractivity contribution is 0.210. The van der Waals surface area contributed by atoms with Crippen molar-refractivity contribution in [2.45, 2.75) is 30.8 Å². The first-order valence-electron chi connectivity index (χ1n) is 9.27. The zero-order chi connectivity index (χ0) is 20.8. The minimum Gasteiger partial charge on any atom is -0.248 e. The molecule has 1 saturated heterocycles. The standard InChI is InChI=1S/C21H19ClF2N2O2S/c1-13-10-20(25-21-11-14(22)2-4-17(13)21)18-5-3-16(12-19(18)24)29(27,28)26-8-6-15(23)7-9-26/h2-5,10-12,15H,6-9H2,1H3. The average Bonchev–Trinajstić information content (AvgIpc) is 2.67. The van der Waals surface area contributed by atoms with Crippen molar-refractivity contribution >= 4 is 32.5 Å². The number of benzene rings is 2. The minimum absolute atomic E-state index is 0.0963. The van der Waals surface area contributed by atoms with E-state index in [1.54, 1.807) is 18.2 Å². The first kappa shape index (κ1) is 20.2. The summed E-state index contributed by atoms with van der Waals surface area (Å²) in [5, 5.41) is 1.44. The Morgan fingerprint density at radius 1 is 1.10 bits per heavy atom. The number of aromatic nitrogens is 1. The van der Waals surface area contributed by atoms with E-state index in [9.17, 15) is 17.2 Å². The summed E-state index contributed by atoms with van der Waals surface area (Å²) in [6.45, 7) is 2.09. The summed E-state index contributed by atoms with van der Waals surface area (Å²) in [6.07, 6.45) is -0.679. The predicted molar refractivity (Wildman–Crippen MR) is 110 cm³/mol. The number of halogens is 3. The number of alkyl halides is 1. The van der Waals surface area contributed by atoms with Crippen LogP contribution in [0.25, 0.3) is 22.2 Å². The molecule has 8 heteroatoms. The van der Waals surface area contributed by atoms with Gasteiger partial charge in [-0.05, 0) is 61.7 Å². The van der Waals surface area contributed by atoms with Crippen LogP contribution < -0.4 is 0 Å². The van der Waals surface area contributed by atoms with Crippen molar-refractivity contribution in [3.63, 3.8) is 0 Å². The van der Waals surface area contributed by atoms with Crippen molar-refractivity contribution in [3.8, 4) is 11.3 Å². The number of aryl methyl sites for hydroxylation is 1. The topological polar surface area (TPSA) is 50.3 Å². The lowest BCUT2D eigenvalue weighted by atomic mass is 10.0. The van der Waals surface area contributed by atoms with E-state index in [4.69, 9.17) is 11.6 Å². The molecule has 0 N–H and O–H groups in total. The summed E-state index contributed by atoms with van der Waals surface area (Å²) in [5.74, 6) is -0.681. The molecule has 2 aromatic carbocycles. The first-order chi connectivity index (χ1) is 13.8. The zero-order valence-corrected chi connectivity index (χ0v) is 17.3. The molecule has 0 spiro atoms. The fourth-order valence-corrected chi connectivity index (χ4v) is 5.24. The number of piperidine rings is 1. The molecule has 1 aromatic heterocycles. The van der Waals surface area contributed by atoms with Crippen LogP contribution in [0.3, 0.4) is 0 Å². The molecule has 0 atom stereocenters. The van der Waals surface area contributed by atoms with Crippen LogP contribution in [0.2, 0.25) is 5.02 Å². The second-order valence-corrected chi connectivity index (χ2v) is 9.58. The van der Waals surface area contributed by atoms with E-state index in [1.165, 1.54) is 16.4 Å².